The number of benzene rings is 1. The zero-order valence-corrected chi connectivity index (χ0v) is 17.8. The van der Waals surface area contributed by atoms with Gasteiger partial charge in [0.15, 0.2) is 5.82 Å². The SMILES string of the molecule is CCNCC1CCN(c2c(F)c(N)c3c(=O)c(C(=O)O)cn(C4CC4)c3c2Br)C1. The summed E-state index contributed by atoms with van der Waals surface area (Å²) in [5.74, 6) is -1.61. The third-order valence-electron chi connectivity index (χ3n) is 5.82. The zero-order valence-electron chi connectivity index (χ0n) is 16.2. The molecule has 29 heavy (non-hydrogen) atoms. The number of hydrogen-bond acceptors (Lipinski definition) is 5. The van der Waals surface area contributed by atoms with Crippen LogP contribution in [0.15, 0.2) is 15.5 Å². The highest BCUT2D eigenvalue weighted by Gasteiger charge is 2.33. The van der Waals surface area contributed by atoms with E-state index in [9.17, 15) is 14.7 Å². The van der Waals surface area contributed by atoms with Gasteiger partial charge in [-0.15, -0.1) is 0 Å². The molecule has 156 valence electrons. The predicted octanol–water partition coefficient (Wildman–Crippen LogP) is 2.95. The Morgan fingerprint density at radius 2 is 2.14 bits per heavy atom. The molecule has 1 aliphatic heterocycles. The summed E-state index contributed by atoms with van der Waals surface area (Å²) in [5.41, 5.74) is 5.50. The van der Waals surface area contributed by atoms with Gasteiger partial charge in [-0.05, 0) is 54.2 Å². The lowest BCUT2D eigenvalue weighted by atomic mass is 10.1. The summed E-state index contributed by atoms with van der Waals surface area (Å²) >= 11 is 3.53. The van der Waals surface area contributed by atoms with Gasteiger partial charge in [-0.3, -0.25) is 4.79 Å². The first-order chi connectivity index (χ1) is 13.8. The van der Waals surface area contributed by atoms with E-state index < -0.39 is 17.2 Å². The molecule has 0 spiro atoms. The molecular weight excluding hydrogens is 443 g/mol. The van der Waals surface area contributed by atoms with Crippen LogP contribution in [-0.2, 0) is 0 Å². The maximum atomic E-state index is 15.4. The Labute approximate surface area is 175 Å². The largest absolute Gasteiger partial charge is 0.477 e. The van der Waals surface area contributed by atoms with Gasteiger partial charge in [0.1, 0.15) is 5.56 Å². The third kappa shape index (κ3) is 3.40. The average Bonchev–Trinajstić information content (AvgIpc) is 3.43. The molecule has 0 radical (unpaired) electrons. The Bertz CT molecular complexity index is 1050. The molecule has 2 aliphatic rings. The van der Waals surface area contributed by atoms with Crippen molar-refractivity contribution in [2.45, 2.75) is 32.2 Å². The van der Waals surface area contributed by atoms with Crippen molar-refractivity contribution in [2.24, 2.45) is 5.92 Å². The molecule has 1 aromatic heterocycles. The molecule has 0 bridgehead atoms. The molecule has 1 saturated heterocycles. The maximum Gasteiger partial charge on any atom is 0.341 e. The summed E-state index contributed by atoms with van der Waals surface area (Å²) in [4.78, 5) is 26.3. The first kappa shape index (κ1) is 20.2. The average molecular weight is 467 g/mol. The van der Waals surface area contributed by atoms with Crippen molar-refractivity contribution in [1.82, 2.24) is 9.88 Å². The lowest BCUT2D eigenvalue weighted by Crippen LogP contribution is -2.28. The Balaban J connectivity index is 1.90. The van der Waals surface area contributed by atoms with Crippen LogP contribution in [0.1, 0.15) is 42.6 Å². The number of carbonyl (C=O) groups is 1. The molecule has 2 heterocycles. The number of fused-ring (bicyclic) bond motifs is 1. The minimum atomic E-state index is -1.34. The van der Waals surface area contributed by atoms with E-state index in [0.29, 0.717) is 34.7 Å². The standard InChI is InChI=1S/C20H24BrFN4O3/c1-2-24-7-10-5-6-25(8-10)18-14(21)17-13(16(23)15(18)22)19(27)12(20(28)29)9-26(17)11-3-4-11/h9-11,24H,2-8,23H2,1H3,(H,28,29). The number of nitrogens with one attached hydrogen (secondary N) is 1. The molecule has 1 atom stereocenters. The van der Waals surface area contributed by atoms with E-state index in [0.717, 1.165) is 32.4 Å². The molecule has 1 aromatic carbocycles. The molecule has 9 heteroatoms. The van der Waals surface area contributed by atoms with Gasteiger partial charge in [0.05, 0.1) is 26.8 Å². The fraction of sp³-hybridized carbons (Fsp3) is 0.500. The number of aromatic carboxylic acids is 1. The van der Waals surface area contributed by atoms with E-state index in [4.69, 9.17) is 5.73 Å². The molecule has 2 fully saturated rings. The smallest absolute Gasteiger partial charge is 0.341 e. The second kappa shape index (κ2) is 7.60. The second-order valence-electron chi connectivity index (χ2n) is 7.84. The Hall–Kier alpha value is -2.13. The number of carboxylic acids is 1. The highest BCUT2D eigenvalue weighted by atomic mass is 79.9. The van der Waals surface area contributed by atoms with Crippen molar-refractivity contribution in [3.8, 4) is 0 Å². The number of nitrogens with zero attached hydrogens (tertiary/aromatic N) is 2. The minimum Gasteiger partial charge on any atom is -0.477 e. The van der Waals surface area contributed by atoms with Gasteiger partial charge in [0.25, 0.3) is 0 Å². The van der Waals surface area contributed by atoms with E-state index in [1.165, 1.54) is 6.20 Å². The molecule has 0 amide bonds. The van der Waals surface area contributed by atoms with Crippen molar-refractivity contribution in [2.75, 3.05) is 36.8 Å². The maximum absolute atomic E-state index is 15.4. The number of nitrogen functional groups attached to an aromatic ring is 1. The van der Waals surface area contributed by atoms with Gasteiger partial charge < -0.3 is 25.6 Å². The van der Waals surface area contributed by atoms with Crippen molar-refractivity contribution < 1.29 is 14.3 Å². The summed E-state index contributed by atoms with van der Waals surface area (Å²) in [6.45, 7) is 5.18. The van der Waals surface area contributed by atoms with Gasteiger partial charge in [-0.1, -0.05) is 6.92 Å². The Morgan fingerprint density at radius 3 is 2.76 bits per heavy atom. The quantitative estimate of drug-likeness (QED) is 0.565. The van der Waals surface area contributed by atoms with Crippen molar-refractivity contribution in [1.29, 1.82) is 0 Å². The van der Waals surface area contributed by atoms with Gasteiger partial charge in [-0.2, -0.15) is 0 Å². The Kier molecular flexibility index (Phi) is 5.29. The molecule has 7 nitrogen and oxygen atoms in total. The summed E-state index contributed by atoms with van der Waals surface area (Å²) in [6.07, 6.45) is 4.06. The molecule has 2 aromatic rings. The van der Waals surface area contributed by atoms with Crippen LogP contribution in [0.5, 0.6) is 0 Å². The number of carboxylic acid groups (broad SMARTS) is 1. The van der Waals surface area contributed by atoms with Crippen LogP contribution in [-0.4, -0.2) is 41.8 Å². The predicted molar refractivity (Wildman–Crippen MR) is 114 cm³/mol. The third-order valence-corrected chi connectivity index (χ3v) is 6.57. The van der Waals surface area contributed by atoms with Crippen molar-refractivity contribution in [3.05, 3.63) is 32.3 Å². The molecular formula is C20H24BrFN4O3. The summed E-state index contributed by atoms with van der Waals surface area (Å²) in [5, 5.41) is 12.7. The van der Waals surface area contributed by atoms with Gasteiger partial charge in [0.2, 0.25) is 5.43 Å². The first-order valence-electron chi connectivity index (χ1n) is 9.89. The number of nitrogens with two attached hydrogens (primary N) is 1. The number of hydrogen-bond donors (Lipinski definition) is 3. The first-order valence-corrected chi connectivity index (χ1v) is 10.7. The molecule has 4 N–H and O–H groups in total. The zero-order chi connectivity index (χ0) is 20.9. The topological polar surface area (TPSA) is 101 Å². The summed E-state index contributed by atoms with van der Waals surface area (Å²) < 4.78 is 17.6. The van der Waals surface area contributed by atoms with Crippen LogP contribution >= 0.6 is 15.9 Å². The number of halogens is 2. The normalized spacial score (nSPS) is 19.3. The monoisotopic (exact) mass is 466 g/mol. The summed E-state index contributed by atoms with van der Waals surface area (Å²) in [7, 11) is 0. The number of pyridine rings is 1. The van der Waals surface area contributed by atoms with E-state index in [1.807, 2.05) is 4.90 Å². The lowest BCUT2D eigenvalue weighted by Gasteiger charge is -2.25. The minimum absolute atomic E-state index is 0.0617. The fourth-order valence-electron chi connectivity index (χ4n) is 4.17. The van der Waals surface area contributed by atoms with E-state index in [-0.39, 0.29) is 22.7 Å². The van der Waals surface area contributed by atoms with Gasteiger partial charge in [0, 0.05) is 25.3 Å². The fourth-order valence-corrected chi connectivity index (χ4v) is 5.00. The van der Waals surface area contributed by atoms with Crippen LogP contribution in [0.3, 0.4) is 0 Å². The van der Waals surface area contributed by atoms with Crippen LogP contribution < -0.4 is 21.4 Å². The van der Waals surface area contributed by atoms with Gasteiger partial charge >= 0.3 is 5.97 Å². The van der Waals surface area contributed by atoms with E-state index >= 15 is 4.39 Å². The van der Waals surface area contributed by atoms with Crippen LogP contribution in [0.4, 0.5) is 15.8 Å². The second-order valence-corrected chi connectivity index (χ2v) is 8.63. The summed E-state index contributed by atoms with van der Waals surface area (Å²) in [6, 6.07) is 0.0882. The molecule has 1 unspecified atom stereocenters. The van der Waals surface area contributed by atoms with E-state index in [1.54, 1.807) is 4.57 Å². The lowest BCUT2D eigenvalue weighted by molar-refractivity contribution is 0.0695. The highest BCUT2D eigenvalue weighted by Crippen LogP contribution is 2.45. The number of anilines is 2. The van der Waals surface area contributed by atoms with Gasteiger partial charge in [-0.25, -0.2) is 9.18 Å². The molecule has 1 saturated carbocycles. The Morgan fingerprint density at radius 1 is 1.41 bits per heavy atom. The van der Waals surface area contributed by atoms with Crippen LogP contribution in [0.25, 0.3) is 10.9 Å². The van der Waals surface area contributed by atoms with Crippen LogP contribution in [0.2, 0.25) is 0 Å². The molecule has 1 aliphatic carbocycles. The van der Waals surface area contributed by atoms with Crippen molar-refractivity contribution >= 4 is 44.2 Å². The number of rotatable bonds is 6. The molecule has 4 rings (SSSR count). The number of aromatic nitrogens is 1. The highest BCUT2D eigenvalue weighted by molar-refractivity contribution is 9.10. The van der Waals surface area contributed by atoms with E-state index in [2.05, 4.69) is 28.2 Å². The van der Waals surface area contributed by atoms with Crippen molar-refractivity contribution in [3.63, 3.8) is 0 Å². The van der Waals surface area contributed by atoms with Crippen LogP contribution in [0, 0.1) is 11.7 Å².